The molecule has 1 unspecified atom stereocenters. The lowest BCUT2D eigenvalue weighted by Gasteiger charge is -2.08. The number of methoxy groups -OCH3 is 1. The summed E-state index contributed by atoms with van der Waals surface area (Å²) in [6.07, 6.45) is 0. The molecule has 0 saturated carbocycles. The first-order valence-electron chi connectivity index (χ1n) is 4.99. The minimum Gasteiger partial charge on any atom is -0.497 e. The molecule has 1 rings (SSSR count). The fraction of sp³-hybridized carbons (Fsp3) is 0.417. The number of hydrogen-bond acceptors (Lipinski definition) is 3. The van der Waals surface area contributed by atoms with E-state index >= 15 is 0 Å². The van der Waals surface area contributed by atoms with Crippen LogP contribution in [0.5, 0.6) is 5.75 Å². The van der Waals surface area contributed by atoms with E-state index in [1.807, 2.05) is 31.2 Å². The Labute approximate surface area is 95.0 Å². The molecule has 0 aromatic heterocycles. The summed E-state index contributed by atoms with van der Waals surface area (Å²) in [6.45, 7) is 4.00. The normalized spacial score (nSPS) is 12.2. The van der Waals surface area contributed by atoms with Crippen LogP contribution >= 0.6 is 11.8 Å². The van der Waals surface area contributed by atoms with Gasteiger partial charge in [0, 0.05) is 5.56 Å². The second-order valence-electron chi connectivity index (χ2n) is 3.19. The molecule has 0 fully saturated rings. The van der Waals surface area contributed by atoms with Gasteiger partial charge in [0.1, 0.15) is 5.75 Å². The highest BCUT2D eigenvalue weighted by Gasteiger charge is 2.14. The van der Waals surface area contributed by atoms with Gasteiger partial charge in [0.05, 0.1) is 12.4 Å². The van der Waals surface area contributed by atoms with E-state index in [4.69, 9.17) is 4.74 Å². The van der Waals surface area contributed by atoms with E-state index < -0.39 is 0 Å². The van der Waals surface area contributed by atoms with Crippen molar-refractivity contribution in [2.75, 3.05) is 12.9 Å². The highest BCUT2D eigenvalue weighted by molar-refractivity contribution is 8.00. The first-order valence-corrected chi connectivity index (χ1v) is 6.03. The highest BCUT2D eigenvalue weighted by Crippen LogP contribution is 2.18. The quantitative estimate of drug-likeness (QED) is 0.719. The van der Waals surface area contributed by atoms with Crippen molar-refractivity contribution < 1.29 is 9.53 Å². The van der Waals surface area contributed by atoms with E-state index in [-0.39, 0.29) is 11.0 Å². The van der Waals surface area contributed by atoms with E-state index in [1.54, 1.807) is 18.9 Å². The Morgan fingerprint density at radius 1 is 1.40 bits per heavy atom. The van der Waals surface area contributed by atoms with E-state index in [1.165, 1.54) is 0 Å². The van der Waals surface area contributed by atoms with Gasteiger partial charge in [-0.2, -0.15) is 11.8 Å². The number of hydrogen-bond donors (Lipinski definition) is 0. The summed E-state index contributed by atoms with van der Waals surface area (Å²) >= 11 is 1.66. The van der Waals surface area contributed by atoms with Crippen molar-refractivity contribution in [3.05, 3.63) is 29.8 Å². The van der Waals surface area contributed by atoms with Gasteiger partial charge in [-0.15, -0.1) is 0 Å². The van der Waals surface area contributed by atoms with E-state index in [2.05, 4.69) is 6.92 Å². The van der Waals surface area contributed by atoms with E-state index in [0.29, 0.717) is 0 Å². The Balaban J connectivity index is 2.73. The number of carbonyl (C=O) groups is 1. The Morgan fingerprint density at radius 2 is 2.00 bits per heavy atom. The Hall–Kier alpha value is -0.960. The van der Waals surface area contributed by atoms with Gasteiger partial charge in [-0.1, -0.05) is 6.92 Å². The Morgan fingerprint density at radius 3 is 2.47 bits per heavy atom. The number of rotatable bonds is 5. The van der Waals surface area contributed by atoms with Crippen molar-refractivity contribution in [3.63, 3.8) is 0 Å². The van der Waals surface area contributed by atoms with Crippen LogP contribution in [-0.2, 0) is 0 Å². The summed E-state index contributed by atoms with van der Waals surface area (Å²) in [5.41, 5.74) is 0.754. The zero-order valence-corrected chi connectivity index (χ0v) is 10.1. The smallest absolute Gasteiger partial charge is 0.175 e. The maximum Gasteiger partial charge on any atom is 0.175 e. The molecule has 2 nitrogen and oxygen atoms in total. The lowest BCUT2D eigenvalue weighted by atomic mass is 10.1. The number of ketones is 1. The number of thioether (sulfide) groups is 1. The SMILES string of the molecule is CCSC(C)C(=O)c1ccc(OC)cc1. The predicted octanol–water partition coefficient (Wildman–Crippen LogP) is 3.02. The van der Waals surface area contributed by atoms with E-state index in [0.717, 1.165) is 17.1 Å². The van der Waals surface area contributed by atoms with Crippen LogP contribution in [0.4, 0.5) is 0 Å². The molecular formula is C12H16O2S. The summed E-state index contributed by atoms with van der Waals surface area (Å²) in [4.78, 5) is 11.9. The Kier molecular flexibility index (Phi) is 4.69. The molecule has 0 N–H and O–H groups in total. The molecule has 0 bridgehead atoms. The van der Waals surface area contributed by atoms with Gasteiger partial charge in [0.25, 0.3) is 0 Å². The van der Waals surface area contributed by atoms with Gasteiger partial charge in [-0.25, -0.2) is 0 Å². The third-order valence-electron chi connectivity index (χ3n) is 2.16. The molecule has 0 spiro atoms. The molecular weight excluding hydrogens is 208 g/mol. The van der Waals surface area contributed by atoms with E-state index in [9.17, 15) is 4.79 Å². The number of carbonyl (C=O) groups excluding carboxylic acids is 1. The molecule has 0 amide bonds. The lowest BCUT2D eigenvalue weighted by molar-refractivity contribution is 0.0994. The number of benzene rings is 1. The second kappa shape index (κ2) is 5.81. The molecule has 0 aliphatic carbocycles. The van der Waals surface area contributed by atoms with Gasteiger partial charge in [-0.05, 0) is 36.9 Å². The van der Waals surface area contributed by atoms with Crippen molar-refractivity contribution in [1.29, 1.82) is 0 Å². The topological polar surface area (TPSA) is 26.3 Å². The maximum absolute atomic E-state index is 11.9. The monoisotopic (exact) mass is 224 g/mol. The maximum atomic E-state index is 11.9. The summed E-state index contributed by atoms with van der Waals surface area (Å²) in [7, 11) is 1.62. The highest BCUT2D eigenvalue weighted by atomic mass is 32.2. The van der Waals surface area contributed by atoms with Crippen LogP contribution < -0.4 is 4.74 Å². The van der Waals surface area contributed by atoms with Gasteiger partial charge in [0.15, 0.2) is 5.78 Å². The van der Waals surface area contributed by atoms with Gasteiger partial charge >= 0.3 is 0 Å². The largest absolute Gasteiger partial charge is 0.497 e. The van der Waals surface area contributed by atoms with Crippen molar-refractivity contribution in [1.82, 2.24) is 0 Å². The van der Waals surface area contributed by atoms with Crippen molar-refractivity contribution in [2.45, 2.75) is 19.1 Å². The number of Topliss-reactive ketones (excluding diaryl/α,β-unsaturated/α-hetero) is 1. The summed E-state index contributed by atoms with van der Waals surface area (Å²) in [5.74, 6) is 1.93. The van der Waals surface area contributed by atoms with Crippen LogP contribution in [0.15, 0.2) is 24.3 Å². The van der Waals surface area contributed by atoms with Crippen LogP contribution in [-0.4, -0.2) is 23.9 Å². The van der Waals surface area contributed by atoms with Crippen molar-refractivity contribution in [3.8, 4) is 5.75 Å². The fourth-order valence-corrected chi connectivity index (χ4v) is 2.10. The molecule has 1 aromatic carbocycles. The van der Waals surface area contributed by atoms with Crippen molar-refractivity contribution >= 4 is 17.5 Å². The summed E-state index contributed by atoms with van der Waals surface area (Å²) in [5, 5.41) is 0.0309. The molecule has 82 valence electrons. The molecule has 0 radical (unpaired) electrons. The van der Waals surface area contributed by atoms with Gasteiger partial charge in [-0.3, -0.25) is 4.79 Å². The molecule has 3 heteroatoms. The average molecular weight is 224 g/mol. The van der Waals surface area contributed by atoms with Crippen LogP contribution in [0.1, 0.15) is 24.2 Å². The van der Waals surface area contributed by atoms with Crippen LogP contribution in [0.2, 0.25) is 0 Å². The standard InChI is InChI=1S/C12H16O2S/c1-4-15-9(2)12(13)10-5-7-11(14-3)8-6-10/h5-9H,4H2,1-3H3. The molecule has 1 atom stereocenters. The van der Waals surface area contributed by atoms with Gasteiger partial charge in [0.2, 0.25) is 0 Å². The third-order valence-corrected chi connectivity index (χ3v) is 3.21. The zero-order chi connectivity index (χ0) is 11.3. The molecule has 0 heterocycles. The molecule has 0 aliphatic heterocycles. The van der Waals surface area contributed by atoms with Crippen LogP contribution in [0.25, 0.3) is 0 Å². The number of ether oxygens (including phenoxy) is 1. The molecule has 1 aromatic rings. The predicted molar refractivity (Wildman–Crippen MR) is 64.9 cm³/mol. The Bertz CT molecular complexity index is 319. The average Bonchev–Trinajstić information content (AvgIpc) is 2.28. The second-order valence-corrected chi connectivity index (χ2v) is 4.81. The first kappa shape index (κ1) is 12.1. The molecule has 0 saturated heterocycles. The van der Waals surface area contributed by atoms with Crippen LogP contribution in [0, 0.1) is 0 Å². The molecule has 0 aliphatic rings. The summed E-state index contributed by atoms with van der Waals surface area (Å²) < 4.78 is 5.04. The fourth-order valence-electron chi connectivity index (χ4n) is 1.32. The van der Waals surface area contributed by atoms with Crippen molar-refractivity contribution in [2.24, 2.45) is 0 Å². The van der Waals surface area contributed by atoms with Crippen LogP contribution in [0.3, 0.4) is 0 Å². The minimum absolute atomic E-state index is 0.0309. The first-order chi connectivity index (χ1) is 7.19. The summed E-state index contributed by atoms with van der Waals surface area (Å²) in [6, 6.07) is 7.26. The minimum atomic E-state index is 0.0309. The molecule has 15 heavy (non-hydrogen) atoms. The third kappa shape index (κ3) is 3.27. The van der Waals surface area contributed by atoms with Gasteiger partial charge < -0.3 is 4.74 Å². The lowest BCUT2D eigenvalue weighted by Crippen LogP contribution is -2.13. The zero-order valence-electron chi connectivity index (χ0n) is 9.32.